The van der Waals surface area contributed by atoms with Crippen LogP contribution in [-0.2, 0) is 0 Å². The highest BCUT2D eigenvalue weighted by atomic mass is 79.9. The quantitative estimate of drug-likeness (QED) is 0.743. The zero-order valence-corrected chi connectivity index (χ0v) is 13.3. The molecule has 0 amide bonds. The maximum atomic E-state index is 5.67. The Labute approximate surface area is 124 Å². The van der Waals surface area contributed by atoms with Crippen molar-refractivity contribution in [3.63, 3.8) is 0 Å². The molecule has 106 valence electrons. The lowest BCUT2D eigenvalue weighted by Crippen LogP contribution is -2.40. The van der Waals surface area contributed by atoms with Gasteiger partial charge in [-0.25, -0.2) is 0 Å². The Kier molecular flexibility index (Phi) is 5.67. The van der Waals surface area contributed by atoms with Gasteiger partial charge in [-0.05, 0) is 51.1 Å². The number of rotatable bonds is 8. The van der Waals surface area contributed by atoms with Crippen LogP contribution in [0.1, 0.15) is 19.8 Å². The van der Waals surface area contributed by atoms with Gasteiger partial charge >= 0.3 is 0 Å². The van der Waals surface area contributed by atoms with Crippen molar-refractivity contribution in [2.75, 3.05) is 26.7 Å². The molecule has 0 heterocycles. The van der Waals surface area contributed by atoms with Crippen molar-refractivity contribution in [3.05, 3.63) is 28.7 Å². The van der Waals surface area contributed by atoms with Crippen LogP contribution in [0.4, 0.5) is 0 Å². The van der Waals surface area contributed by atoms with Gasteiger partial charge in [-0.15, -0.1) is 0 Å². The summed E-state index contributed by atoms with van der Waals surface area (Å²) in [5.74, 6) is 0.924. The molecule has 0 aromatic heterocycles. The molecule has 1 unspecified atom stereocenters. The van der Waals surface area contributed by atoms with E-state index in [2.05, 4.69) is 40.1 Å². The van der Waals surface area contributed by atoms with E-state index in [0.29, 0.717) is 12.6 Å². The highest BCUT2D eigenvalue weighted by Crippen LogP contribution is 2.26. The molecular formula is C15H23BrN2O. The highest BCUT2D eigenvalue weighted by Gasteiger charge is 2.28. The predicted octanol–water partition coefficient (Wildman–Crippen LogP) is 2.90. The maximum absolute atomic E-state index is 5.67. The largest absolute Gasteiger partial charge is 0.492 e. The molecule has 3 nitrogen and oxygen atoms in total. The standard InChI is InChI=1S/C15H23BrN2O/c1-12(18(2)14-5-6-14)11-17-9-10-19-15-7-3-13(16)4-8-15/h3-4,7-8,12,14,17H,5-6,9-11H2,1-2H3. The molecule has 1 aromatic carbocycles. The van der Waals surface area contributed by atoms with Crippen LogP contribution in [0.5, 0.6) is 5.75 Å². The third-order valence-corrected chi connectivity index (χ3v) is 4.15. The maximum Gasteiger partial charge on any atom is 0.119 e. The lowest BCUT2D eigenvalue weighted by atomic mass is 10.3. The molecule has 1 fully saturated rings. The van der Waals surface area contributed by atoms with Crippen LogP contribution in [-0.4, -0.2) is 43.7 Å². The Morgan fingerprint density at radius 3 is 2.68 bits per heavy atom. The van der Waals surface area contributed by atoms with Crippen molar-refractivity contribution in [1.29, 1.82) is 0 Å². The molecule has 0 saturated heterocycles. The Morgan fingerprint density at radius 1 is 1.37 bits per heavy atom. The molecule has 1 aromatic rings. The normalized spacial score (nSPS) is 16.6. The molecule has 1 aliphatic rings. The number of ether oxygens (including phenoxy) is 1. The Balaban J connectivity index is 1.55. The fourth-order valence-corrected chi connectivity index (χ4v) is 2.33. The van der Waals surface area contributed by atoms with Crippen LogP contribution in [0.25, 0.3) is 0 Å². The van der Waals surface area contributed by atoms with Gasteiger partial charge in [-0.3, -0.25) is 4.90 Å². The lowest BCUT2D eigenvalue weighted by molar-refractivity contribution is 0.235. The van der Waals surface area contributed by atoms with Crippen LogP contribution >= 0.6 is 15.9 Å². The van der Waals surface area contributed by atoms with E-state index in [0.717, 1.165) is 29.4 Å². The summed E-state index contributed by atoms with van der Waals surface area (Å²) in [6.45, 7) is 4.90. The molecule has 1 saturated carbocycles. The molecular weight excluding hydrogens is 304 g/mol. The topological polar surface area (TPSA) is 24.5 Å². The minimum Gasteiger partial charge on any atom is -0.492 e. The lowest BCUT2D eigenvalue weighted by Gasteiger charge is -2.24. The number of benzene rings is 1. The second kappa shape index (κ2) is 7.27. The highest BCUT2D eigenvalue weighted by molar-refractivity contribution is 9.10. The second-order valence-corrected chi connectivity index (χ2v) is 6.17. The molecule has 1 aliphatic carbocycles. The van der Waals surface area contributed by atoms with Gasteiger partial charge in [0.2, 0.25) is 0 Å². The van der Waals surface area contributed by atoms with E-state index in [4.69, 9.17) is 4.74 Å². The average Bonchev–Trinajstić information content (AvgIpc) is 3.24. The van der Waals surface area contributed by atoms with E-state index in [9.17, 15) is 0 Å². The van der Waals surface area contributed by atoms with Crippen molar-refractivity contribution in [3.8, 4) is 5.75 Å². The Hall–Kier alpha value is -0.580. The van der Waals surface area contributed by atoms with E-state index in [1.165, 1.54) is 12.8 Å². The first-order chi connectivity index (χ1) is 9.16. The number of hydrogen-bond donors (Lipinski definition) is 1. The van der Waals surface area contributed by atoms with E-state index in [1.807, 2.05) is 24.3 Å². The third-order valence-electron chi connectivity index (χ3n) is 3.62. The Bertz CT molecular complexity index is 378. The van der Waals surface area contributed by atoms with Crippen LogP contribution < -0.4 is 10.1 Å². The van der Waals surface area contributed by atoms with Crippen LogP contribution in [0.2, 0.25) is 0 Å². The van der Waals surface area contributed by atoms with Gasteiger partial charge in [0.05, 0.1) is 0 Å². The summed E-state index contributed by atoms with van der Waals surface area (Å²) in [6.07, 6.45) is 2.74. The van der Waals surface area contributed by atoms with E-state index in [-0.39, 0.29) is 0 Å². The number of nitrogens with one attached hydrogen (secondary N) is 1. The van der Waals surface area contributed by atoms with E-state index >= 15 is 0 Å². The summed E-state index contributed by atoms with van der Waals surface area (Å²) >= 11 is 3.41. The van der Waals surface area contributed by atoms with Crippen LogP contribution in [0.3, 0.4) is 0 Å². The predicted molar refractivity (Wildman–Crippen MR) is 82.8 cm³/mol. The summed E-state index contributed by atoms with van der Waals surface area (Å²) < 4.78 is 6.74. The van der Waals surface area contributed by atoms with E-state index in [1.54, 1.807) is 0 Å². The van der Waals surface area contributed by atoms with Crippen molar-refractivity contribution in [2.45, 2.75) is 31.8 Å². The molecule has 19 heavy (non-hydrogen) atoms. The SMILES string of the molecule is CC(CNCCOc1ccc(Br)cc1)N(C)C1CC1. The van der Waals surface area contributed by atoms with Crippen molar-refractivity contribution in [2.24, 2.45) is 0 Å². The molecule has 0 radical (unpaired) electrons. The van der Waals surface area contributed by atoms with Crippen LogP contribution in [0.15, 0.2) is 28.7 Å². The molecule has 2 rings (SSSR count). The first-order valence-corrected chi connectivity index (χ1v) is 7.77. The van der Waals surface area contributed by atoms with Gasteiger partial charge in [0, 0.05) is 29.6 Å². The second-order valence-electron chi connectivity index (χ2n) is 5.25. The summed E-state index contributed by atoms with van der Waals surface area (Å²) in [4.78, 5) is 2.47. The van der Waals surface area contributed by atoms with Gasteiger partial charge in [0.25, 0.3) is 0 Å². The molecule has 1 N–H and O–H groups in total. The molecule has 0 aliphatic heterocycles. The van der Waals surface area contributed by atoms with Gasteiger partial charge < -0.3 is 10.1 Å². The van der Waals surface area contributed by atoms with Crippen LogP contribution in [0, 0.1) is 0 Å². The Morgan fingerprint density at radius 2 is 2.05 bits per heavy atom. The van der Waals surface area contributed by atoms with Crippen molar-refractivity contribution in [1.82, 2.24) is 10.2 Å². The summed E-state index contributed by atoms with van der Waals surface area (Å²) in [7, 11) is 2.22. The summed E-state index contributed by atoms with van der Waals surface area (Å²) in [5.41, 5.74) is 0. The van der Waals surface area contributed by atoms with Crippen molar-refractivity contribution < 1.29 is 4.74 Å². The molecule has 0 spiro atoms. The minimum atomic E-state index is 0.597. The van der Waals surface area contributed by atoms with E-state index < -0.39 is 0 Å². The van der Waals surface area contributed by atoms with Gasteiger partial charge in [-0.2, -0.15) is 0 Å². The molecule has 0 bridgehead atoms. The fourth-order valence-electron chi connectivity index (χ4n) is 2.07. The van der Waals surface area contributed by atoms with Gasteiger partial charge in [0.15, 0.2) is 0 Å². The zero-order valence-electron chi connectivity index (χ0n) is 11.7. The fraction of sp³-hybridized carbons (Fsp3) is 0.600. The molecule has 4 heteroatoms. The molecule has 1 atom stereocenters. The number of hydrogen-bond acceptors (Lipinski definition) is 3. The first-order valence-electron chi connectivity index (χ1n) is 6.98. The zero-order chi connectivity index (χ0) is 13.7. The number of nitrogens with zero attached hydrogens (tertiary/aromatic N) is 1. The van der Waals surface area contributed by atoms with Crippen molar-refractivity contribution >= 4 is 15.9 Å². The summed E-state index contributed by atoms with van der Waals surface area (Å²) in [6, 6.07) is 9.38. The monoisotopic (exact) mass is 326 g/mol. The third kappa shape index (κ3) is 5.13. The van der Waals surface area contributed by atoms with Gasteiger partial charge in [0.1, 0.15) is 12.4 Å². The average molecular weight is 327 g/mol. The summed E-state index contributed by atoms with van der Waals surface area (Å²) in [5, 5.41) is 3.45. The number of likely N-dealkylation sites (N-methyl/N-ethyl adjacent to an activating group) is 1. The minimum absolute atomic E-state index is 0.597. The first kappa shape index (κ1) is 14.8. The number of halogens is 1. The van der Waals surface area contributed by atoms with Gasteiger partial charge in [-0.1, -0.05) is 15.9 Å². The smallest absolute Gasteiger partial charge is 0.119 e.